The summed E-state index contributed by atoms with van der Waals surface area (Å²) in [5.41, 5.74) is 5.87. The van der Waals surface area contributed by atoms with Gasteiger partial charge in [0, 0.05) is 5.92 Å². The number of carbonyl (C=O) groups excluding carboxylic acids is 1. The molecule has 0 radical (unpaired) electrons. The van der Waals surface area contributed by atoms with Crippen molar-refractivity contribution in [1.82, 2.24) is 0 Å². The van der Waals surface area contributed by atoms with E-state index in [-0.39, 0.29) is 12.5 Å². The lowest BCUT2D eigenvalue weighted by Gasteiger charge is -2.24. The lowest BCUT2D eigenvalue weighted by Crippen LogP contribution is -2.39. The molecule has 1 heterocycles. The smallest absolute Gasteiger partial charge is 0.414 e. The van der Waals surface area contributed by atoms with Gasteiger partial charge < -0.3 is 9.84 Å². The van der Waals surface area contributed by atoms with Crippen molar-refractivity contribution in [3.63, 3.8) is 0 Å². The fraction of sp³-hybridized carbons (Fsp3) is 0.200. The number of nitrogens with zero attached hydrogens (tertiary/aromatic N) is 1. The molecule has 0 aromatic heterocycles. The summed E-state index contributed by atoms with van der Waals surface area (Å²) in [5.74, 6) is -1.74. The predicted molar refractivity (Wildman–Crippen MR) is 114 cm³/mol. The zero-order valence-electron chi connectivity index (χ0n) is 16.5. The number of hydrogen-bond acceptors (Lipinski definition) is 3. The molecule has 0 saturated heterocycles. The highest BCUT2D eigenvalue weighted by atomic mass is 16.6. The molecule has 3 aromatic carbocycles. The second kappa shape index (κ2) is 7.02. The maximum Gasteiger partial charge on any atom is 0.414 e. The first-order valence-corrected chi connectivity index (χ1v) is 10.0. The number of carbonyl (C=O) groups is 2. The van der Waals surface area contributed by atoms with Crippen molar-refractivity contribution in [2.45, 2.75) is 24.8 Å². The SMILES string of the molecule is CC1C(C(=O)O)c2ccccc2N1C(=O)OCC1c2ccccc2-c2ccccc21. The molecule has 3 aromatic rings. The minimum absolute atomic E-state index is 0.0372. The van der Waals surface area contributed by atoms with Crippen LogP contribution in [-0.2, 0) is 9.53 Å². The van der Waals surface area contributed by atoms with Crippen molar-refractivity contribution >= 4 is 17.7 Å². The van der Waals surface area contributed by atoms with Crippen LogP contribution in [0.4, 0.5) is 10.5 Å². The molecule has 2 aliphatic rings. The number of carboxylic acid groups (broad SMARTS) is 1. The van der Waals surface area contributed by atoms with Crippen molar-refractivity contribution in [3.05, 3.63) is 89.5 Å². The number of ether oxygens (including phenoxy) is 1. The van der Waals surface area contributed by atoms with Crippen LogP contribution in [0.5, 0.6) is 0 Å². The molecule has 30 heavy (non-hydrogen) atoms. The number of benzene rings is 3. The van der Waals surface area contributed by atoms with Gasteiger partial charge in [0.1, 0.15) is 12.5 Å². The van der Waals surface area contributed by atoms with Crippen LogP contribution in [0.25, 0.3) is 11.1 Å². The van der Waals surface area contributed by atoms with Gasteiger partial charge in [-0.2, -0.15) is 0 Å². The summed E-state index contributed by atoms with van der Waals surface area (Å²) in [6.07, 6.45) is -0.513. The van der Waals surface area contributed by atoms with Gasteiger partial charge in [0.05, 0.1) is 11.7 Å². The monoisotopic (exact) mass is 399 g/mol. The summed E-state index contributed by atoms with van der Waals surface area (Å²) in [6, 6.07) is 23.0. The van der Waals surface area contributed by atoms with Crippen LogP contribution in [-0.4, -0.2) is 29.8 Å². The Morgan fingerprint density at radius 2 is 1.40 bits per heavy atom. The summed E-state index contributed by atoms with van der Waals surface area (Å²) < 4.78 is 5.77. The summed E-state index contributed by atoms with van der Waals surface area (Å²) in [6.45, 7) is 1.95. The van der Waals surface area contributed by atoms with Gasteiger partial charge in [0.15, 0.2) is 0 Å². The van der Waals surface area contributed by atoms with Crippen LogP contribution in [0.2, 0.25) is 0 Å². The van der Waals surface area contributed by atoms with Crippen molar-refractivity contribution in [1.29, 1.82) is 0 Å². The Labute approximate surface area is 174 Å². The number of amides is 1. The minimum Gasteiger partial charge on any atom is -0.481 e. The number of carboxylic acids is 1. The number of hydrogen-bond donors (Lipinski definition) is 1. The molecule has 5 nitrogen and oxygen atoms in total. The van der Waals surface area contributed by atoms with E-state index >= 15 is 0 Å². The van der Waals surface area contributed by atoms with Gasteiger partial charge in [0.25, 0.3) is 0 Å². The maximum absolute atomic E-state index is 13.1. The van der Waals surface area contributed by atoms with E-state index in [0.29, 0.717) is 11.3 Å². The molecule has 1 aliphatic heterocycles. The molecular weight excluding hydrogens is 378 g/mol. The van der Waals surface area contributed by atoms with Gasteiger partial charge in [-0.3, -0.25) is 9.69 Å². The van der Waals surface area contributed by atoms with Crippen molar-refractivity contribution in [3.8, 4) is 11.1 Å². The summed E-state index contributed by atoms with van der Waals surface area (Å²) in [5, 5.41) is 9.67. The van der Waals surface area contributed by atoms with Crippen molar-refractivity contribution < 1.29 is 19.4 Å². The Morgan fingerprint density at radius 1 is 0.867 bits per heavy atom. The Hall–Kier alpha value is -3.60. The number of anilines is 1. The number of rotatable bonds is 3. The first-order chi connectivity index (χ1) is 14.6. The molecule has 1 amide bonds. The van der Waals surface area contributed by atoms with Gasteiger partial charge in [-0.1, -0.05) is 66.7 Å². The molecule has 0 saturated carbocycles. The van der Waals surface area contributed by atoms with Gasteiger partial charge in [-0.15, -0.1) is 0 Å². The van der Waals surface area contributed by atoms with E-state index in [1.54, 1.807) is 31.2 Å². The minimum atomic E-state index is -0.941. The van der Waals surface area contributed by atoms with Gasteiger partial charge in [-0.25, -0.2) is 4.79 Å². The van der Waals surface area contributed by atoms with Crippen LogP contribution in [0.15, 0.2) is 72.8 Å². The van der Waals surface area contributed by atoms with Crippen LogP contribution in [0.3, 0.4) is 0 Å². The summed E-state index contributed by atoms with van der Waals surface area (Å²) in [7, 11) is 0. The van der Waals surface area contributed by atoms with E-state index in [1.165, 1.54) is 16.0 Å². The van der Waals surface area contributed by atoms with E-state index in [1.807, 2.05) is 24.3 Å². The first kappa shape index (κ1) is 18.4. The molecule has 2 unspecified atom stereocenters. The van der Waals surface area contributed by atoms with E-state index in [9.17, 15) is 14.7 Å². The third-order valence-electron chi connectivity index (χ3n) is 6.22. The van der Waals surface area contributed by atoms with E-state index in [0.717, 1.165) is 11.1 Å². The molecule has 0 fully saturated rings. The fourth-order valence-electron chi connectivity index (χ4n) is 4.87. The molecule has 5 rings (SSSR count). The van der Waals surface area contributed by atoms with Crippen molar-refractivity contribution in [2.75, 3.05) is 11.5 Å². The maximum atomic E-state index is 13.1. The molecule has 1 aliphatic carbocycles. The van der Waals surface area contributed by atoms with E-state index in [4.69, 9.17) is 4.74 Å². The zero-order chi connectivity index (χ0) is 20.8. The highest BCUT2D eigenvalue weighted by Crippen LogP contribution is 2.45. The van der Waals surface area contributed by atoms with Crippen molar-refractivity contribution in [2.24, 2.45) is 0 Å². The van der Waals surface area contributed by atoms with E-state index < -0.39 is 24.0 Å². The third-order valence-corrected chi connectivity index (χ3v) is 6.22. The average molecular weight is 399 g/mol. The molecule has 0 bridgehead atoms. The third kappa shape index (κ3) is 2.70. The predicted octanol–water partition coefficient (Wildman–Crippen LogP) is 5.01. The normalized spacial score (nSPS) is 19.2. The van der Waals surface area contributed by atoms with Gasteiger partial charge in [-0.05, 0) is 40.8 Å². The van der Waals surface area contributed by atoms with Crippen LogP contribution in [0.1, 0.15) is 35.4 Å². The molecular formula is C25H21NO4. The Kier molecular flexibility index (Phi) is 4.31. The standard InChI is InChI=1S/C25H21NO4/c1-15-23(24(27)28)20-12-6-7-13-22(20)26(15)25(29)30-14-21-18-10-4-2-8-16(18)17-9-3-5-11-19(17)21/h2-13,15,21,23H,14H2,1H3,(H,27,28). The first-order valence-electron chi connectivity index (χ1n) is 10.0. The fourth-order valence-corrected chi connectivity index (χ4v) is 4.87. The molecule has 150 valence electrons. The number of para-hydroxylation sites is 1. The Bertz CT molecular complexity index is 1110. The largest absolute Gasteiger partial charge is 0.481 e. The summed E-state index contributed by atoms with van der Waals surface area (Å²) >= 11 is 0. The second-order valence-corrected chi connectivity index (χ2v) is 7.79. The average Bonchev–Trinajstić information content (AvgIpc) is 3.23. The molecule has 2 atom stereocenters. The topological polar surface area (TPSA) is 66.8 Å². The quantitative estimate of drug-likeness (QED) is 0.672. The van der Waals surface area contributed by atoms with Crippen LogP contribution in [0, 0.1) is 0 Å². The highest BCUT2D eigenvalue weighted by Gasteiger charge is 2.44. The van der Waals surface area contributed by atoms with Crippen LogP contribution < -0.4 is 4.90 Å². The van der Waals surface area contributed by atoms with E-state index in [2.05, 4.69) is 24.3 Å². The molecule has 5 heteroatoms. The number of aliphatic carboxylic acids is 1. The highest BCUT2D eigenvalue weighted by molar-refractivity contribution is 5.96. The summed E-state index contributed by atoms with van der Waals surface area (Å²) in [4.78, 5) is 26.4. The number of fused-ring (bicyclic) bond motifs is 4. The van der Waals surface area contributed by atoms with Crippen LogP contribution >= 0.6 is 0 Å². The lowest BCUT2D eigenvalue weighted by atomic mass is 9.96. The second-order valence-electron chi connectivity index (χ2n) is 7.79. The Balaban J connectivity index is 1.42. The zero-order valence-corrected chi connectivity index (χ0v) is 16.5. The lowest BCUT2D eigenvalue weighted by molar-refractivity contribution is -0.138. The Morgan fingerprint density at radius 3 is 2.00 bits per heavy atom. The van der Waals surface area contributed by atoms with Gasteiger partial charge in [0.2, 0.25) is 0 Å². The van der Waals surface area contributed by atoms with Gasteiger partial charge >= 0.3 is 12.1 Å². The molecule has 0 spiro atoms. The molecule has 1 N–H and O–H groups in total.